The fourth-order valence-electron chi connectivity index (χ4n) is 3.09. The summed E-state index contributed by atoms with van der Waals surface area (Å²) < 4.78 is 2.03. The highest BCUT2D eigenvalue weighted by atomic mass is 16.1. The summed E-state index contributed by atoms with van der Waals surface area (Å²) in [6.45, 7) is 5.71. The van der Waals surface area contributed by atoms with E-state index in [-0.39, 0.29) is 11.9 Å². The first-order chi connectivity index (χ1) is 11.0. The molecular formula is C17H23N5O. The molecule has 1 N–H and O–H groups in total. The fraction of sp³-hybridized carbons (Fsp3) is 0.471. The van der Waals surface area contributed by atoms with E-state index in [1.165, 1.54) is 0 Å². The number of amides is 1. The molecule has 1 amide bonds. The van der Waals surface area contributed by atoms with Gasteiger partial charge in [-0.25, -0.2) is 4.98 Å². The first-order valence-corrected chi connectivity index (χ1v) is 8.01. The number of rotatable bonds is 3. The summed E-state index contributed by atoms with van der Waals surface area (Å²) in [5.41, 5.74) is 2.53. The maximum absolute atomic E-state index is 12.4. The average Bonchev–Trinajstić information content (AvgIpc) is 2.94. The number of nitrogens with zero attached hydrogens (tertiary/aromatic N) is 4. The van der Waals surface area contributed by atoms with Crippen LogP contribution in [0.1, 0.15) is 34.5 Å². The van der Waals surface area contributed by atoms with Crippen LogP contribution in [0.15, 0.2) is 24.7 Å². The molecule has 2 aromatic heterocycles. The molecule has 1 fully saturated rings. The molecule has 1 aliphatic rings. The van der Waals surface area contributed by atoms with E-state index in [1.807, 2.05) is 43.9 Å². The minimum atomic E-state index is -0.0714. The summed E-state index contributed by atoms with van der Waals surface area (Å²) in [4.78, 5) is 23.3. The van der Waals surface area contributed by atoms with Crippen molar-refractivity contribution in [2.75, 3.05) is 18.0 Å². The molecule has 3 rings (SSSR count). The summed E-state index contributed by atoms with van der Waals surface area (Å²) in [7, 11) is 2.00. The molecule has 0 unspecified atom stereocenters. The lowest BCUT2D eigenvalue weighted by atomic mass is 10.0. The van der Waals surface area contributed by atoms with Crippen molar-refractivity contribution >= 4 is 11.9 Å². The van der Waals surface area contributed by atoms with Crippen LogP contribution in [-0.2, 0) is 7.05 Å². The van der Waals surface area contributed by atoms with E-state index >= 15 is 0 Å². The number of piperidine rings is 1. The largest absolute Gasteiger partial charge is 0.348 e. The van der Waals surface area contributed by atoms with Crippen molar-refractivity contribution < 1.29 is 4.79 Å². The predicted octanol–water partition coefficient (Wildman–Crippen LogP) is 1.83. The minimum absolute atomic E-state index is 0.0714. The van der Waals surface area contributed by atoms with Crippen LogP contribution in [0.3, 0.4) is 0 Å². The number of pyridine rings is 1. The van der Waals surface area contributed by atoms with Gasteiger partial charge in [0.1, 0.15) is 5.69 Å². The second-order valence-corrected chi connectivity index (χ2v) is 6.25. The zero-order valence-electron chi connectivity index (χ0n) is 13.9. The summed E-state index contributed by atoms with van der Waals surface area (Å²) in [5, 5.41) is 3.12. The van der Waals surface area contributed by atoms with E-state index in [4.69, 9.17) is 0 Å². The Labute approximate surface area is 136 Å². The maximum atomic E-state index is 12.4. The first kappa shape index (κ1) is 15.5. The Bertz CT molecular complexity index is 701. The molecule has 122 valence electrons. The molecular weight excluding hydrogens is 290 g/mol. The van der Waals surface area contributed by atoms with Crippen LogP contribution in [0, 0.1) is 13.8 Å². The Morgan fingerprint density at radius 1 is 1.26 bits per heavy atom. The zero-order chi connectivity index (χ0) is 16.4. The van der Waals surface area contributed by atoms with Gasteiger partial charge in [0.25, 0.3) is 5.91 Å². The summed E-state index contributed by atoms with van der Waals surface area (Å²) in [5.74, 6) is 0.920. The van der Waals surface area contributed by atoms with E-state index < -0.39 is 0 Å². The standard InChI is InChI=1S/C17H23N5O/c1-12-10-13(2)15(19-11-12)16(23)20-14-4-7-22(8-5-14)17-18-6-9-21(17)3/h6,9-11,14H,4-5,7-8H2,1-3H3,(H,20,23). The Kier molecular flexibility index (Phi) is 4.32. The SMILES string of the molecule is Cc1cnc(C(=O)NC2CCN(c3nccn3C)CC2)c(C)c1. The molecule has 2 aromatic rings. The van der Waals surface area contributed by atoms with Gasteiger partial charge >= 0.3 is 0 Å². The van der Waals surface area contributed by atoms with Gasteiger partial charge in [-0.15, -0.1) is 0 Å². The molecule has 0 saturated carbocycles. The van der Waals surface area contributed by atoms with E-state index in [0.29, 0.717) is 5.69 Å². The number of anilines is 1. The van der Waals surface area contributed by atoms with Crippen LogP contribution in [0.5, 0.6) is 0 Å². The van der Waals surface area contributed by atoms with E-state index in [2.05, 4.69) is 20.2 Å². The van der Waals surface area contributed by atoms with Gasteiger partial charge in [0, 0.05) is 44.8 Å². The summed E-state index contributed by atoms with van der Waals surface area (Å²) >= 11 is 0. The highest BCUT2D eigenvalue weighted by Crippen LogP contribution is 2.18. The van der Waals surface area contributed by atoms with E-state index in [0.717, 1.165) is 43.0 Å². The molecule has 0 aromatic carbocycles. The topological polar surface area (TPSA) is 63.1 Å². The number of aromatic nitrogens is 3. The number of carbonyl (C=O) groups is 1. The van der Waals surface area contributed by atoms with Gasteiger partial charge < -0.3 is 14.8 Å². The van der Waals surface area contributed by atoms with Crippen molar-refractivity contribution in [1.82, 2.24) is 19.9 Å². The van der Waals surface area contributed by atoms with Crippen LogP contribution < -0.4 is 10.2 Å². The Morgan fingerprint density at radius 2 is 2.00 bits per heavy atom. The van der Waals surface area contributed by atoms with Crippen LogP contribution in [0.2, 0.25) is 0 Å². The molecule has 23 heavy (non-hydrogen) atoms. The third-order valence-corrected chi connectivity index (χ3v) is 4.34. The predicted molar refractivity (Wildman–Crippen MR) is 89.6 cm³/mol. The van der Waals surface area contributed by atoms with Crippen molar-refractivity contribution in [2.45, 2.75) is 32.7 Å². The number of aryl methyl sites for hydroxylation is 3. The third kappa shape index (κ3) is 3.36. The molecule has 0 radical (unpaired) electrons. The molecule has 0 aliphatic carbocycles. The van der Waals surface area contributed by atoms with Crippen molar-refractivity contribution in [2.24, 2.45) is 7.05 Å². The number of carbonyl (C=O) groups excluding carboxylic acids is 1. The van der Waals surface area contributed by atoms with E-state index in [9.17, 15) is 4.79 Å². The maximum Gasteiger partial charge on any atom is 0.270 e. The summed E-state index contributed by atoms with van der Waals surface area (Å²) in [6.07, 6.45) is 7.35. The second kappa shape index (κ2) is 6.40. The Hall–Kier alpha value is -2.37. The van der Waals surface area contributed by atoms with Gasteiger partial charge in [-0.1, -0.05) is 6.07 Å². The number of nitrogens with one attached hydrogen (secondary N) is 1. The lowest BCUT2D eigenvalue weighted by Crippen LogP contribution is -2.45. The normalized spacial score (nSPS) is 15.7. The zero-order valence-corrected chi connectivity index (χ0v) is 13.9. The smallest absolute Gasteiger partial charge is 0.270 e. The molecule has 6 nitrogen and oxygen atoms in total. The molecule has 0 spiro atoms. The van der Waals surface area contributed by atoms with Crippen LogP contribution in [-0.4, -0.2) is 39.6 Å². The van der Waals surface area contributed by atoms with Crippen molar-refractivity contribution in [3.8, 4) is 0 Å². The lowest BCUT2D eigenvalue weighted by molar-refractivity contribution is 0.0925. The van der Waals surface area contributed by atoms with Gasteiger partial charge in [-0.2, -0.15) is 0 Å². The average molecular weight is 313 g/mol. The van der Waals surface area contributed by atoms with E-state index in [1.54, 1.807) is 6.20 Å². The third-order valence-electron chi connectivity index (χ3n) is 4.34. The van der Waals surface area contributed by atoms with Gasteiger partial charge in [-0.3, -0.25) is 9.78 Å². The van der Waals surface area contributed by atoms with Gasteiger partial charge in [0.2, 0.25) is 5.95 Å². The second-order valence-electron chi connectivity index (χ2n) is 6.25. The minimum Gasteiger partial charge on any atom is -0.348 e. The fourth-order valence-corrected chi connectivity index (χ4v) is 3.09. The van der Waals surface area contributed by atoms with Gasteiger partial charge in [-0.05, 0) is 37.8 Å². The number of imidazole rings is 1. The quantitative estimate of drug-likeness (QED) is 0.939. The Morgan fingerprint density at radius 3 is 2.61 bits per heavy atom. The molecule has 6 heteroatoms. The number of hydrogen-bond acceptors (Lipinski definition) is 4. The van der Waals surface area contributed by atoms with Crippen LogP contribution >= 0.6 is 0 Å². The molecule has 0 bridgehead atoms. The highest BCUT2D eigenvalue weighted by molar-refractivity contribution is 5.93. The molecule has 1 aliphatic heterocycles. The Balaban J connectivity index is 1.58. The van der Waals surface area contributed by atoms with Gasteiger partial charge in [0.15, 0.2) is 0 Å². The molecule has 3 heterocycles. The van der Waals surface area contributed by atoms with Crippen molar-refractivity contribution in [1.29, 1.82) is 0 Å². The van der Waals surface area contributed by atoms with Crippen LogP contribution in [0.4, 0.5) is 5.95 Å². The molecule has 0 atom stereocenters. The van der Waals surface area contributed by atoms with Crippen LogP contribution in [0.25, 0.3) is 0 Å². The highest BCUT2D eigenvalue weighted by Gasteiger charge is 2.23. The van der Waals surface area contributed by atoms with Crippen molar-refractivity contribution in [3.05, 3.63) is 41.5 Å². The molecule has 1 saturated heterocycles. The summed E-state index contributed by atoms with van der Waals surface area (Å²) in [6, 6.07) is 2.19. The number of hydrogen-bond donors (Lipinski definition) is 1. The first-order valence-electron chi connectivity index (χ1n) is 8.01. The van der Waals surface area contributed by atoms with Gasteiger partial charge in [0.05, 0.1) is 0 Å². The van der Waals surface area contributed by atoms with Crippen molar-refractivity contribution in [3.63, 3.8) is 0 Å². The lowest BCUT2D eigenvalue weighted by Gasteiger charge is -2.33. The monoisotopic (exact) mass is 313 g/mol.